The summed E-state index contributed by atoms with van der Waals surface area (Å²) in [5, 5.41) is 2.40. The second kappa shape index (κ2) is 28.3. The SMILES string of the molecule is C1CCOC1.CCCN.CCCNC(=O)c1ccccc1.CCN(CC)CC.O=C(Cl)c1ccccc1. The lowest BCUT2D eigenvalue weighted by atomic mass is 10.2. The van der Waals surface area contributed by atoms with Crippen LogP contribution in [0.15, 0.2) is 60.7 Å². The lowest BCUT2D eigenvalue weighted by Crippen LogP contribution is -2.23. The van der Waals surface area contributed by atoms with E-state index in [1.807, 2.05) is 43.3 Å². The predicted molar refractivity (Wildman–Crippen MR) is 159 cm³/mol. The number of hydrogen-bond acceptors (Lipinski definition) is 5. The Morgan fingerprint density at radius 3 is 1.49 bits per heavy atom. The zero-order valence-corrected chi connectivity index (χ0v) is 24.4. The molecule has 3 N–H and O–H groups in total. The van der Waals surface area contributed by atoms with Gasteiger partial charge in [0.05, 0.1) is 0 Å². The largest absolute Gasteiger partial charge is 0.381 e. The third kappa shape index (κ3) is 23.9. The molecule has 3 rings (SSSR count). The Kier molecular flexibility index (Phi) is 28.3. The molecule has 1 saturated heterocycles. The van der Waals surface area contributed by atoms with Crippen molar-refractivity contribution < 1.29 is 14.3 Å². The van der Waals surface area contributed by atoms with Crippen molar-refractivity contribution in [1.82, 2.24) is 10.2 Å². The summed E-state index contributed by atoms with van der Waals surface area (Å²) in [6.45, 7) is 17.8. The third-order valence-corrected chi connectivity index (χ3v) is 5.25. The number of hydrogen-bond donors (Lipinski definition) is 2. The smallest absolute Gasteiger partial charge is 0.252 e. The molecule has 1 aliphatic heterocycles. The first kappa shape index (κ1) is 36.9. The van der Waals surface area contributed by atoms with Crippen LogP contribution in [0, 0.1) is 0 Å². The quantitative estimate of drug-likeness (QED) is 0.382. The Bertz CT molecular complexity index is 738. The van der Waals surface area contributed by atoms with Gasteiger partial charge in [0.15, 0.2) is 0 Å². The molecule has 0 radical (unpaired) electrons. The van der Waals surface area contributed by atoms with E-state index < -0.39 is 5.24 Å². The summed E-state index contributed by atoms with van der Waals surface area (Å²) in [7, 11) is 0. The number of rotatable bonds is 8. The van der Waals surface area contributed by atoms with Crippen molar-refractivity contribution in [3.8, 4) is 0 Å². The van der Waals surface area contributed by atoms with Gasteiger partial charge in [-0.1, -0.05) is 83.1 Å². The number of nitrogens with two attached hydrogens (primary N) is 1. The molecule has 7 heteroatoms. The molecule has 0 atom stereocenters. The first-order valence-electron chi connectivity index (χ1n) is 13.5. The van der Waals surface area contributed by atoms with E-state index in [9.17, 15) is 9.59 Å². The van der Waals surface area contributed by atoms with Crippen LogP contribution in [0.3, 0.4) is 0 Å². The highest BCUT2D eigenvalue weighted by atomic mass is 35.5. The zero-order chi connectivity index (χ0) is 28.2. The zero-order valence-electron chi connectivity index (χ0n) is 23.7. The summed E-state index contributed by atoms with van der Waals surface area (Å²) in [5.41, 5.74) is 6.30. The van der Waals surface area contributed by atoms with Gasteiger partial charge in [0.25, 0.3) is 11.1 Å². The van der Waals surface area contributed by atoms with Crippen LogP contribution in [0.1, 0.15) is 81.0 Å². The highest BCUT2D eigenvalue weighted by Gasteiger charge is 2.01. The molecule has 1 aliphatic rings. The number of carbonyl (C=O) groups excluding carboxylic acids is 2. The topological polar surface area (TPSA) is 84.7 Å². The van der Waals surface area contributed by atoms with Crippen LogP contribution in [0.5, 0.6) is 0 Å². The highest BCUT2D eigenvalue weighted by molar-refractivity contribution is 6.67. The van der Waals surface area contributed by atoms with Crippen LogP contribution in [-0.2, 0) is 4.74 Å². The Balaban J connectivity index is 0. The monoisotopic (exact) mass is 535 g/mol. The summed E-state index contributed by atoms with van der Waals surface area (Å²) >= 11 is 5.16. The van der Waals surface area contributed by atoms with Crippen molar-refractivity contribution in [3.05, 3.63) is 71.8 Å². The van der Waals surface area contributed by atoms with Crippen molar-refractivity contribution in [1.29, 1.82) is 0 Å². The molecule has 0 unspecified atom stereocenters. The molecular weight excluding hydrogens is 486 g/mol. The molecule has 2 aromatic rings. The van der Waals surface area contributed by atoms with Crippen LogP contribution >= 0.6 is 11.6 Å². The number of halogens is 1. The van der Waals surface area contributed by atoms with E-state index in [1.165, 1.54) is 32.5 Å². The fourth-order valence-corrected chi connectivity index (χ4v) is 2.81. The van der Waals surface area contributed by atoms with Crippen molar-refractivity contribution in [2.24, 2.45) is 5.73 Å². The van der Waals surface area contributed by atoms with Gasteiger partial charge in [-0.15, -0.1) is 0 Å². The van der Waals surface area contributed by atoms with Gasteiger partial charge < -0.3 is 20.7 Å². The van der Waals surface area contributed by atoms with E-state index in [0.29, 0.717) is 5.56 Å². The molecule has 1 amide bonds. The van der Waals surface area contributed by atoms with Gasteiger partial charge in [-0.3, -0.25) is 9.59 Å². The molecule has 0 aliphatic carbocycles. The van der Waals surface area contributed by atoms with E-state index in [-0.39, 0.29) is 5.91 Å². The summed E-state index contributed by atoms with van der Waals surface area (Å²) in [6, 6.07) is 18.0. The van der Waals surface area contributed by atoms with Crippen molar-refractivity contribution in [2.45, 2.75) is 60.3 Å². The summed E-state index contributed by atoms with van der Waals surface area (Å²) < 4.78 is 4.94. The first-order valence-corrected chi connectivity index (χ1v) is 13.9. The van der Waals surface area contributed by atoms with Gasteiger partial charge in [-0.05, 0) is 75.6 Å². The molecule has 0 bridgehead atoms. The van der Waals surface area contributed by atoms with Crippen molar-refractivity contribution >= 4 is 22.8 Å². The number of benzene rings is 2. The van der Waals surface area contributed by atoms with Crippen LogP contribution in [-0.4, -0.2) is 62.0 Å². The number of nitrogens with zero attached hydrogens (tertiary/aromatic N) is 1. The minimum Gasteiger partial charge on any atom is -0.381 e. The summed E-state index contributed by atoms with van der Waals surface area (Å²) in [4.78, 5) is 24.1. The number of carbonyl (C=O) groups is 2. The molecule has 2 aromatic carbocycles. The van der Waals surface area contributed by atoms with E-state index in [1.54, 1.807) is 24.3 Å². The molecule has 1 fully saturated rings. The normalized spacial score (nSPS) is 11.2. The predicted octanol–water partition coefficient (Wildman–Crippen LogP) is 6.39. The fourth-order valence-electron chi connectivity index (χ4n) is 2.68. The van der Waals surface area contributed by atoms with Crippen LogP contribution in [0.2, 0.25) is 0 Å². The Morgan fingerprint density at radius 2 is 1.24 bits per heavy atom. The van der Waals surface area contributed by atoms with E-state index in [4.69, 9.17) is 22.1 Å². The van der Waals surface area contributed by atoms with Crippen LogP contribution < -0.4 is 11.1 Å². The molecule has 0 saturated carbocycles. The number of ether oxygens (including phenoxy) is 1. The maximum absolute atomic E-state index is 11.3. The van der Waals surface area contributed by atoms with Gasteiger partial charge in [0, 0.05) is 30.9 Å². The van der Waals surface area contributed by atoms with Crippen molar-refractivity contribution in [2.75, 3.05) is 45.9 Å². The van der Waals surface area contributed by atoms with E-state index in [0.717, 1.165) is 44.7 Å². The van der Waals surface area contributed by atoms with Gasteiger partial charge >= 0.3 is 0 Å². The number of nitrogens with one attached hydrogen (secondary N) is 1. The van der Waals surface area contributed by atoms with Crippen LogP contribution in [0.25, 0.3) is 0 Å². The Hall–Kier alpha value is -2.25. The summed E-state index contributed by atoms with van der Waals surface area (Å²) in [5.74, 6) is 0.0115. The van der Waals surface area contributed by atoms with Gasteiger partial charge in [-0.25, -0.2) is 0 Å². The Morgan fingerprint density at radius 1 is 0.811 bits per heavy atom. The molecule has 0 aromatic heterocycles. The van der Waals surface area contributed by atoms with Gasteiger partial charge in [0.2, 0.25) is 0 Å². The second-order valence-electron chi connectivity index (χ2n) is 7.99. The molecular formula is C30H50ClN3O3. The van der Waals surface area contributed by atoms with Crippen LogP contribution in [0.4, 0.5) is 0 Å². The molecule has 37 heavy (non-hydrogen) atoms. The third-order valence-electron chi connectivity index (χ3n) is 5.03. The van der Waals surface area contributed by atoms with Gasteiger partial charge in [0.1, 0.15) is 0 Å². The Labute approximate surface area is 230 Å². The summed E-state index contributed by atoms with van der Waals surface area (Å²) in [6.07, 6.45) is 4.62. The maximum atomic E-state index is 11.3. The minimum atomic E-state index is -0.407. The maximum Gasteiger partial charge on any atom is 0.252 e. The van der Waals surface area contributed by atoms with E-state index >= 15 is 0 Å². The average molecular weight is 536 g/mol. The number of amides is 1. The van der Waals surface area contributed by atoms with E-state index in [2.05, 4.69) is 37.9 Å². The molecule has 6 nitrogen and oxygen atoms in total. The lowest BCUT2D eigenvalue weighted by Gasteiger charge is -2.13. The fraction of sp³-hybridized carbons (Fsp3) is 0.533. The minimum absolute atomic E-state index is 0.0115. The second-order valence-corrected chi connectivity index (χ2v) is 8.33. The molecule has 210 valence electrons. The average Bonchev–Trinajstić information content (AvgIpc) is 3.55. The lowest BCUT2D eigenvalue weighted by molar-refractivity contribution is 0.0953. The highest BCUT2D eigenvalue weighted by Crippen LogP contribution is 2.01. The molecule has 0 spiro atoms. The first-order chi connectivity index (χ1) is 17.9. The standard InChI is InChI=1S/C10H13NO.C7H5ClO.C6H15N.C4H8O.C3H9N/c1-2-8-11-10(12)9-6-4-3-5-7-9;8-7(9)6-4-2-1-3-5-6;1-4-7(5-2)6-3;1-2-4-5-3-1;1-2-3-4/h3-7H,2,8H2,1H3,(H,11,12);1-5H;4-6H2,1-3H3;1-4H2;2-4H2,1H3. The van der Waals surface area contributed by atoms with Crippen molar-refractivity contribution in [3.63, 3.8) is 0 Å². The molecule has 1 heterocycles. The van der Waals surface area contributed by atoms with Gasteiger partial charge in [-0.2, -0.15) is 0 Å².